The smallest absolute Gasteiger partial charge is 0.180 e. The summed E-state index contributed by atoms with van der Waals surface area (Å²) >= 11 is 1.72. The van der Waals surface area contributed by atoms with E-state index in [1.165, 1.54) is 4.90 Å². The molecule has 0 bridgehead atoms. The summed E-state index contributed by atoms with van der Waals surface area (Å²) in [7, 11) is 0. The molecule has 0 radical (unpaired) electrons. The zero-order valence-corrected chi connectivity index (χ0v) is 12.8. The highest BCUT2D eigenvalue weighted by molar-refractivity contribution is 7.98. The Kier molecular flexibility index (Phi) is 3.96. The Morgan fingerprint density at radius 3 is 3.05 bits per heavy atom. The predicted octanol–water partition coefficient (Wildman–Crippen LogP) is 3.63. The quantitative estimate of drug-likeness (QED) is 0.705. The number of nitrogens with zero attached hydrogens (tertiary/aromatic N) is 3. The number of nitrogens with one attached hydrogen (secondary N) is 2. The van der Waals surface area contributed by atoms with Crippen LogP contribution in [-0.4, -0.2) is 27.2 Å². The molecule has 0 aliphatic rings. The van der Waals surface area contributed by atoms with Crippen LogP contribution in [0.4, 0.5) is 17.3 Å². The lowest BCUT2D eigenvalue weighted by molar-refractivity contribution is 1.09. The second-order valence-corrected chi connectivity index (χ2v) is 5.40. The van der Waals surface area contributed by atoms with Crippen LogP contribution < -0.4 is 10.6 Å². The zero-order chi connectivity index (χ0) is 14.7. The fourth-order valence-electron chi connectivity index (χ4n) is 2.12. The first-order valence-corrected chi connectivity index (χ1v) is 8.01. The predicted molar refractivity (Wildman–Crippen MR) is 88.7 cm³/mol. The molecule has 0 aliphatic carbocycles. The van der Waals surface area contributed by atoms with E-state index < -0.39 is 0 Å². The van der Waals surface area contributed by atoms with Gasteiger partial charge in [-0.3, -0.25) is 0 Å². The Balaban J connectivity index is 1.99. The second-order valence-electron chi connectivity index (χ2n) is 4.52. The number of aromatic nitrogens is 3. The lowest BCUT2D eigenvalue weighted by atomic mass is 10.3. The molecule has 0 saturated carbocycles. The molecule has 0 atom stereocenters. The van der Waals surface area contributed by atoms with E-state index >= 15 is 0 Å². The van der Waals surface area contributed by atoms with Crippen LogP contribution in [-0.2, 0) is 0 Å². The molecule has 2 aromatic heterocycles. The maximum atomic E-state index is 4.60. The standard InChI is InChI=1S/C15H17N5S/c1-3-16-13-10-20-8-7-17-15(20)14(19-13)18-11-5-4-6-12(9-11)21-2/h4-10,16H,3H2,1-2H3,(H,18,19). The molecule has 0 amide bonds. The van der Waals surface area contributed by atoms with E-state index in [4.69, 9.17) is 0 Å². The third-order valence-electron chi connectivity index (χ3n) is 3.06. The van der Waals surface area contributed by atoms with Gasteiger partial charge in [0.1, 0.15) is 5.82 Å². The molecule has 0 saturated heterocycles. The molecule has 3 rings (SSSR count). The van der Waals surface area contributed by atoms with Gasteiger partial charge in [0.15, 0.2) is 11.5 Å². The molecule has 108 valence electrons. The van der Waals surface area contributed by atoms with Crippen molar-refractivity contribution in [1.29, 1.82) is 0 Å². The third-order valence-corrected chi connectivity index (χ3v) is 3.79. The van der Waals surface area contributed by atoms with Crippen molar-refractivity contribution in [3.05, 3.63) is 42.9 Å². The first kappa shape index (κ1) is 13.8. The molecular formula is C15H17N5S. The van der Waals surface area contributed by atoms with Crippen molar-refractivity contribution in [2.24, 2.45) is 0 Å². The lowest BCUT2D eigenvalue weighted by Gasteiger charge is -2.11. The number of thioether (sulfide) groups is 1. The molecule has 0 unspecified atom stereocenters. The molecule has 5 nitrogen and oxygen atoms in total. The highest BCUT2D eigenvalue weighted by Crippen LogP contribution is 2.24. The van der Waals surface area contributed by atoms with Crippen molar-refractivity contribution >= 4 is 34.7 Å². The van der Waals surface area contributed by atoms with E-state index in [2.05, 4.69) is 45.9 Å². The largest absolute Gasteiger partial charge is 0.369 e. The average Bonchev–Trinajstić information content (AvgIpc) is 2.96. The summed E-state index contributed by atoms with van der Waals surface area (Å²) in [5.41, 5.74) is 1.82. The summed E-state index contributed by atoms with van der Waals surface area (Å²) in [6, 6.07) is 8.25. The van der Waals surface area contributed by atoms with Gasteiger partial charge in [-0.05, 0) is 31.4 Å². The monoisotopic (exact) mass is 299 g/mol. The number of imidazole rings is 1. The normalized spacial score (nSPS) is 10.8. The Labute approximate surface area is 127 Å². The average molecular weight is 299 g/mol. The number of hydrogen-bond donors (Lipinski definition) is 2. The van der Waals surface area contributed by atoms with Crippen LogP contribution in [0.15, 0.2) is 47.8 Å². The van der Waals surface area contributed by atoms with E-state index in [0.717, 1.165) is 29.5 Å². The third kappa shape index (κ3) is 2.95. The van der Waals surface area contributed by atoms with E-state index in [0.29, 0.717) is 0 Å². The molecule has 6 heteroatoms. The molecule has 2 heterocycles. The first-order chi connectivity index (χ1) is 10.3. The molecule has 0 fully saturated rings. The van der Waals surface area contributed by atoms with E-state index in [1.807, 2.05) is 28.9 Å². The number of anilines is 3. The van der Waals surface area contributed by atoms with Crippen LogP contribution in [0.5, 0.6) is 0 Å². The number of hydrogen-bond acceptors (Lipinski definition) is 5. The molecule has 1 aromatic carbocycles. The number of rotatable bonds is 5. The van der Waals surface area contributed by atoms with Gasteiger partial charge >= 0.3 is 0 Å². The Bertz CT molecular complexity index is 753. The highest BCUT2D eigenvalue weighted by Gasteiger charge is 2.08. The molecular weight excluding hydrogens is 282 g/mol. The summed E-state index contributed by atoms with van der Waals surface area (Å²) in [4.78, 5) is 10.2. The van der Waals surface area contributed by atoms with E-state index in [-0.39, 0.29) is 0 Å². The van der Waals surface area contributed by atoms with Gasteiger partial charge in [-0.15, -0.1) is 11.8 Å². The van der Waals surface area contributed by atoms with Gasteiger partial charge in [0, 0.05) is 29.5 Å². The van der Waals surface area contributed by atoms with Crippen LogP contribution in [0, 0.1) is 0 Å². The molecule has 21 heavy (non-hydrogen) atoms. The van der Waals surface area contributed by atoms with Gasteiger partial charge in [0.25, 0.3) is 0 Å². The molecule has 0 spiro atoms. The Morgan fingerprint density at radius 2 is 2.24 bits per heavy atom. The maximum absolute atomic E-state index is 4.60. The zero-order valence-electron chi connectivity index (χ0n) is 12.0. The van der Waals surface area contributed by atoms with E-state index in [1.54, 1.807) is 18.0 Å². The summed E-state index contributed by atoms with van der Waals surface area (Å²) in [6.07, 6.45) is 7.70. The summed E-state index contributed by atoms with van der Waals surface area (Å²) in [5.74, 6) is 1.57. The fourth-order valence-corrected chi connectivity index (χ4v) is 2.58. The van der Waals surface area contributed by atoms with Crippen molar-refractivity contribution in [2.45, 2.75) is 11.8 Å². The van der Waals surface area contributed by atoms with Crippen LogP contribution >= 0.6 is 11.8 Å². The minimum Gasteiger partial charge on any atom is -0.369 e. The first-order valence-electron chi connectivity index (χ1n) is 6.79. The van der Waals surface area contributed by atoms with Crippen molar-refractivity contribution in [3.8, 4) is 0 Å². The summed E-state index contributed by atoms with van der Waals surface area (Å²) in [5, 5.41) is 6.59. The molecule has 2 N–H and O–H groups in total. The van der Waals surface area contributed by atoms with Gasteiger partial charge < -0.3 is 15.0 Å². The summed E-state index contributed by atoms with van der Waals surface area (Å²) in [6.45, 7) is 2.88. The van der Waals surface area contributed by atoms with Crippen molar-refractivity contribution in [1.82, 2.24) is 14.4 Å². The van der Waals surface area contributed by atoms with Gasteiger partial charge in [-0.1, -0.05) is 6.07 Å². The van der Waals surface area contributed by atoms with Gasteiger partial charge in [-0.2, -0.15) is 0 Å². The van der Waals surface area contributed by atoms with Gasteiger partial charge in [0.2, 0.25) is 0 Å². The Morgan fingerprint density at radius 1 is 1.33 bits per heavy atom. The van der Waals surface area contributed by atoms with Gasteiger partial charge in [0.05, 0.1) is 6.20 Å². The Hall–Kier alpha value is -2.21. The van der Waals surface area contributed by atoms with Crippen LogP contribution in [0.25, 0.3) is 5.65 Å². The van der Waals surface area contributed by atoms with Crippen LogP contribution in [0.1, 0.15) is 6.92 Å². The molecule has 0 aliphatic heterocycles. The van der Waals surface area contributed by atoms with E-state index in [9.17, 15) is 0 Å². The van der Waals surface area contributed by atoms with Crippen LogP contribution in [0.3, 0.4) is 0 Å². The maximum Gasteiger partial charge on any atom is 0.180 e. The minimum absolute atomic E-state index is 0.747. The number of fused-ring (bicyclic) bond motifs is 1. The van der Waals surface area contributed by atoms with Crippen molar-refractivity contribution in [2.75, 3.05) is 23.4 Å². The lowest BCUT2D eigenvalue weighted by Crippen LogP contribution is -2.05. The minimum atomic E-state index is 0.747. The van der Waals surface area contributed by atoms with Crippen molar-refractivity contribution < 1.29 is 0 Å². The SMILES string of the molecule is CCNc1cn2ccnc2c(Nc2cccc(SC)c2)n1. The second kappa shape index (κ2) is 6.05. The van der Waals surface area contributed by atoms with Crippen molar-refractivity contribution in [3.63, 3.8) is 0 Å². The van der Waals surface area contributed by atoms with Crippen LogP contribution in [0.2, 0.25) is 0 Å². The summed E-state index contributed by atoms with van der Waals surface area (Å²) < 4.78 is 1.96. The highest BCUT2D eigenvalue weighted by atomic mass is 32.2. The van der Waals surface area contributed by atoms with Gasteiger partial charge in [-0.25, -0.2) is 9.97 Å². The molecule has 3 aromatic rings. The topological polar surface area (TPSA) is 54.2 Å². The fraction of sp³-hybridized carbons (Fsp3) is 0.200. The number of benzene rings is 1.